The summed E-state index contributed by atoms with van der Waals surface area (Å²) in [6.45, 7) is 9.68. The predicted octanol–water partition coefficient (Wildman–Crippen LogP) is 4.47. The number of amides is 1. The summed E-state index contributed by atoms with van der Waals surface area (Å²) in [5, 5.41) is 4.13. The van der Waals surface area contributed by atoms with Crippen LogP contribution in [0.2, 0.25) is 0 Å². The number of carbonyl (C=O) groups is 1. The van der Waals surface area contributed by atoms with Gasteiger partial charge in [-0.2, -0.15) is 0 Å². The predicted molar refractivity (Wildman–Crippen MR) is 132 cm³/mol. The van der Waals surface area contributed by atoms with E-state index in [4.69, 9.17) is 4.98 Å². The summed E-state index contributed by atoms with van der Waals surface area (Å²) in [5.41, 5.74) is 3.66. The molecule has 1 amide bonds. The number of nitrogens with one attached hydrogen (secondary N) is 1. The van der Waals surface area contributed by atoms with Gasteiger partial charge in [-0.3, -0.25) is 9.69 Å². The van der Waals surface area contributed by atoms with Crippen LogP contribution >= 0.6 is 23.1 Å². The lowest BCUT2D eigenvalue weighted by Crippen LogP contribution is -2.48. The minimum absolute atomic E-state index is 0.0680. The maximum atomic E-state index is 12.9. The molecule has 170 valence electrons. The quantitative estimate of drug-likeness (QED) is 0.490. The number of nitrogens with zero attached hydrogens (tertiary/aromatic N) is 3. The average Bonchev–Trinajstić information content (AvgIpc) is 3.20. The number of halogens is 1. The van der Waals surface area contributed by atoms with Crippen LogP contribution in [0.15, 0.2) is 41.3 Å². The van der Waals surface area contributed by atoms with Gasteiger partial charge in [0.05, 0.1) is 10.2 Å². The van der Waals surface area contributed by atoms with Crippen LogP contribution in [0.4, 0.5) is 9.52 Å². The zero-order valence-electron chi connectivity index (χ0n) is 18.6. The summed E-state index contributed by atoms with van der Waals surface area (Å²) in [5.74, 6) is 0.522. The largest absolute Gasteiger partial charge is 0.355 e. The minimum atomic E-state index is -0.238. The lowest BCUT2D eigenvalue weighted by atomic mass is 10.1. The van der Waals surface area contributed by atoms with Crippen molar-refractivity contribution in [3.05, 3.63) is 53.3 Å². The minimum Gasteiger partial charge on any atom is -0.355 e. The van der Waals surface area contributed by atoms with Crippen molar-refractivity contribution in [2.75, 3.05) is 49.9 Å². The highest BCUT2D eigenvalue weighted by Gasteiger charge is 2.20. The number of piperazine rings is 1. The van der Waals surface area contributed by atoms with Crippen LogP contribution < -0.4 is 10.2 Å². The van der Waals surface area contributed by atoms with Gasteiger partial charge in [-0.15, -0.1) is 11.8 Å². The van der Waals surface area contributed by atoms with Gasteiger partial charge in [0.15, 0.2) is 5.13 Å². The molecule has 32 heavy (non-hydrogen) atoms. The van der Waals surface area contributed by atoms with E-state index in [0.717, 1.165) is 48.3 Å². The molecule has 1 N–H and O–H groups in total. The maximum absolute atomic E-state index is 12.9. The van der Waals surface area contributed by atoms with E-state index >= 15 is 0 Å². The second-order valence-corrected chi connectivity index (χ2v) is 10.3. The highest BCUT2D eigenvalue weighted by atomic mass is 32.2. The average molecular weight is 473 g/mol. The lowest BCUT2D eigenvalue weighted by Gasteiger charge is -2.34. The summed E-state index contributed by atoms with van der Waals surface area (Å²) in [7, 11) is 0. The smallest absolute Gasteiger partial charge is 0.220 e. The van der Waals surface area contributed by atoms with Crippen molar-refractivity contribution >= 4 is 44.4 Å². The molecule has 1 fully saturated rings. The van der Waals surface area contributed by atoms with Gasteiger partial charge in [0.25, 0.3) is 0 Å². The highest BCUT2D eigenvalue weighted by Crippen LogP contribution is 2.32. The molecular weight excluding hydrogens is 443 g/mol. The molecule has 0 spiro atoms. The molecule has 0 bridgehead atoms. The van der Waals surface area contributed by atoms with Crippen LogP contribution in [-0.2, 0) is 4.79 Å². The zero-order valence-corrected chi connectivity index (χ0v) is 20.2. The molecule has 4 rings (SSSR count). The number of thioether (sulfide) groups is 1. The number of rotatable bonds is 8. The van der Waals surface area contributed by atoms with Crippen molar-refractivity contribution in [1.82, 2.24) is 15.2 Å². The first-order valence-electron chi connectivity index (χ1n) is 11.0. The van der Waals surface area contributed by atoms with Gasteiger partial charge in [0.1, 0.15) is 5.82 Å². The molecule has 2 aromatic carbocycles. The van der Waals surface area contributed by atoms with Crippen LogP contribution in [-0.4, -0.2) is 60.8 Å². The van der Waals surface area contributed by atoms with Gasteiger partial charge in [0, 0.05) is 56.3 Å². The van der Waals surface area contributed by atoms with Crippen LogP contribution in [0.1, 0.15) is 17.5 Å². The highest BCUT2D eigenvalue weighted by molar-refractivity contribution is 7.99. The second kappa shape index (κ2) is 10.6. The Balaban J connectivity index is 1.15. The molecule has 2 heterocycles. The summed E-state index contributed by atoms with van der Waals surface area (Å²) < 4.78 is 14.2. The molecule has 3 aromatic rings. The maximum Gasteiger partial charge on any atom is 0.220 e. The Bertz CT molecular complexity index is 1060. The number of carbonyl (C=O) groups excluding carboxylic acids is 1. The number of anilines is 1. The molecule has 1 aliphatic heterocycles. The zero-order chi connectivity index (χ0) is 22.5. The topological polar surface area (TPSA) is 48.5 Å². The number of aromatic nitrogens is 1. The van der Waals surface area contributed by atoms with E-state index in [2.05, 4.69) is 41.1 Å². The Morgan fingerprint density at radius 1 is 1.16 bits per heavy atom. The number of fused-ring (bicyclic) bond motifs is 1. The normalized spacial score (nSPS) is 14.8. The monoisotopic (exact) mass is 472 g/mol. The molecule has 0 atom stereocenters. The Morgan fingerprint density at radius 3 is 2.66 bits per heavy atom. The van der Waals surface area contributed by atoms with Crippen molar-refractivity contribution in [3.8, 4) is 0 Å². The SMILES string of the molecule is Cc1cc(C)c2sc(N3CCN(CCNC(=O)CCSc4ccc(F)cc4)CC3)nc2c1. The van der Waals surface area contributed by atoms with E-state index in [0.29, 0.717) is 18.7 Å². The first kappa shape index (κ1) is 23.0. The fraction of sp³-hybridized carbons (Fsp3) is 0.417. The van der Waals surface area contributed by atoms with Crippen LogP contribution in [0.25, 0.3) is 10.2 Å². The van der Waals surface area contributed by atoms with E-state index in [1.54, 1.807) is 35.2 Å². The third-order valence-corrected chi connectivity index (χ3v) is 7.89. The fourth-order valence-corrected chi connectivity index (χ4v) is 5.82. The Kier molecular flexibility index (Phi) is 7.65. The summed E-state index contributed by atoms with van der Waals surface area (Å²) in [4.78, 5) is 22.7. The van der Waals surface area contributed by atoms with Crippen molar-refractivity contribution in [2.45, 2.75) is 25.2 Å². The van der Waals surface area contributed by atoms with Crippen molar-refractivity contribution in [3.63, 3.8) is 0 Å². The van der Waals surface area contributed by atoms with Gasteiger partial charge in [-0.25, -0.2) is 9.37 Å². The van der Waals surface area contributed by atoms with E-state index in [1.807, 2.05) is 0 Å². The Morgan fingerprint density at radius 2 is 1.91 bits per heavy atom. The van der Waals surface area contributed by atoms with E-state index in [9.17, 15) is 9.18 Å². The second-order valence-electron chi connectivity index (χ2n) is 8.16. The number of thiazole rings is 1. The number of hydrogen-bond donors (Lipinski definition) is 1. The van der Waals surface area contributed by atoms with Crippen LogP contribution in [0.3, 0.4) is 0 Å². The molecule has 0 unspecified atom stereocenters. The van der Waals surface area contributed by atoms with Gasteiger partial charge in [0.2, 0.25) is 5.91 Å². The van der Waals surface area contributed by atoms with Crippen molar-refractivity contribution in [2.24, 2.45) is 0 Å². The van der Waals surface area contributed by atoms with Gasteiger partial charge in [-0.1, -0.05) is 17.4 Å². The summed E-state index contributed by atoms with van der Waals surface area (Å²) in [6, 6.07) is 10.8. The first-order chi connectivity index (χ1) is 15.5. The van der Waals surface area contributed by atoms with Crippen LogP contribution in [0, 0.1) is 19.7 Å². The van der Waals surface area contributed by atoms with E-state index in [1.165, 1.54) is 28.0 Å². The molecule has 1 saturated heterocycles. The molecule has 8 heteroatoms. The standard InChI is InChI=1S/C24H29FN4OS2/c1-17-15-18(2)23-21(16-17)27-24(32-23)29-12-10-28(11-13-29)9-8-26-22(30)7-14-31-20-5-3-19(25)4-6-20/h3-6,15-16H,7-14H2,1-2H3,(H,26,30). The Labute approximate surface area is 197 Å². The molecule has 5 nitrogen and oxygen atoms in total. The summed E-state index contributed by atoms with van der Waals surface area (Å²) >= 11 is 3.36. The molecular formula is C24H29FN4OS2. The van der Waals surface area contributed by atoms with Gasteiger partial charge < -0.3 is 10.2 Å². The molecule has 0 saturated carbocycles. The molecule has 1 aromatic heterocycles. The summed E-state index contributed by atoms with van der Waals surface area (Å²) in [6.07, 6.45) is 0.465. The lowest BCUT2D eigenvalue weighted by molar-refractivity contribution is -0.120. The van der Waals surface area contributed by atoms with Crippen LogP contribution in [0.5, 0.6) is 0 Å². The fourth-order valence-electron chi connectivity index (χ4n) is 3.90. The van der Waals surface area contributed by atoms with E-state index < -0.39 is 0 Å². The Hall–Kier alpha value is -2.16. The van der Waals surface area contributed by atoms with Gasteiger partial charge >= 0.3 is 0 Å². The van der Waals surface area contributed by atoms with Crippen molar-refractivity contribution < 1.29 is 9.18 Å². The van der Waals surface area contributed by atoms with E-state index in [-0.39, 0.29) is 11.7 Å². The third kappa shape index (κ3) is 5.99. The number of benzene rings is 2. The third-order valence-electron chi connectivity index (χ3n) is 5.61. The molecule has 1 aliphatic rings. The first-order valence-corrected chi connectivity index (χ1v) is 12.8. The van der Waals surface area contributed by atoms with Gasteiger partial charge in [-0.05, 0) is 55.3 Å². The molecule has 0 radical (unpaired) electrons. The number of aryl methyl sites for hydroxylation is 2. The van der Waals surface area contributed by atoms with Crippen molar-refractivity contribution in [1.29, 1.82) is 0 Å². The molecule has 0 aliphatic carbocycles. The number of hydrogen-bond acceptors (Lipinski definition) is 6.